The molecule has 4 heteroatoms. The highest BCUT2D eigenvalue weighted by molar-refractivity contribution is 5.85. The molecule has 0 unspecified atom stereocenters. The van der Waals surface area contributed by atoms with Gasteiger partial charge in [0.2, 0.25) is 5.91 Å². The first-order valence-electron chi connectivity index (χ1n) is 5.17. The van der Waals surface area contributed by atoms with Gasteiger partial charge in [0, 0.05) is 12.6 Å². The lowest BCUT2D eigenvalue weighted by Crippen LogP contribution is -2.38. The molecule has 0 aliphatic carbocycles. The molecule has 90 valence electrons. The topological polar surface area (TPSA) is 55.1 Å². The average Bonchev–Trinajstić information content (AvgIpc) is 2.21. The van der Waals surface area contributed by atoms with Crippen LogP contribution in [0.2, 0.25) is 0 Å². The van der Waals surface area contributed by atoms with E-state index in [9.17, 15) is 4.79 Å². The zero-order chi connectivity index (χ0) is 11.3. The normalized spacial score (nSPS) is 11.4. The third-order valence-corrected chi connectivity index (χ3v) is 2.37. The highest BCUT2D eigenvalue weighted by Crippen LogP contribution is 2.07. The summed E-state index contributed by atoms with van der Waals surface area (Å²) in [5.41, 5.74) is 7.64. The molecule has 1 rings (SSSR count). The number of nitrogens with two attached hydrogens (primary N) is 1. The van der Waals surface area contributed by atoms with E-state index in [-0.39, 0.29) is 24.4 Å². The van der Waals surface area contributed by atoms with E-state index in [4.69, 9.17) is 5.73 Å². The highest BCUT2D eigenvalue weighted by Gasteiger charge is 2.07. The van der Waals surface area contributed by atoms with Crippen molar-refractivity contribution in [3.05, 3.63) is 35.4 Å². The number of amides is 1. The molecule has 0 aliphatic heterocycles. The van der Waals surface area contributed by atoms with Crippen molar-refractivity contribution in [1.29, 1.82) is 0 Å². The number of hydrogen-bond donors (Lipinski definition) is 2. The first-order valence-corrected chi connectivity index (χ1v) is 5.17. The van der Waals surface area contributed by atoms with Gasteiger partial charge in [0.1, 0.15) is 0 Å². The van der Waals surface area contributed by atoms with Gasteiger partial charge in [0.15, 0.2) is 0 Å². The Morgan fingerprint density at radius 1 is 1.44 bits per heavy atom. The number of benzene rings is 1. The van der Waals surface area contributed by atoms with E-state index < -0.39 is 0 Å². The summed E-state index contributed by atoms with van der Waals surface area (Å²) in [5.74, 6) is 0.0299. The molecule has 1 aromatic rings. The van der Waals surface area contributed by atoms with Crippen LogP contribution in [0.15, 0.2) is 24.3 Å². The molecule has 0 saturated heterocycles. The first kappa shape index (κ1) is 14.9. The van der Waals surface area contributed by atoms with Gasteiger partial charge in [0.25, 0.3) is 0 Å². The number of rotatable bonds is 4. The molecule has 3 nitrogen and oxygen atoms in total. The van der Waals surface area contributed by atoms with Gasteiger partial charge in [-0.1, -0.05) is 24.3 Å². The molecule has 0 aromatic heterocycles. The second-order valence-corrected chi connectivity index (χ2v) is 3.81. The van der Waals surface area contributed by atoms with Crippen LogP contribution in [0, 0.1) is 6.92 Å². The maximum absolute atomic E-state index is 11.6. The lowest BCUT2D eigenvalue weighted by molar-refractivity contribution is -0.121. The Morgan fingerprint density at radius 3 is 2.62 bits per heavy atom. The van der Waals surface area contributed by atoms with Gasteiger partial charge in [-0.05, 0) is 25.0 Å². The van der Waals surface area contributed by atoms with Gasteiger partial charge in [-0.25, -0.2) is 0 Å². The predicted octanol–water partition coefficient (Wildman–Crippen LogP) is 1.42. The fraction of sp³-hybridized carbons (Fsp3) is 0.417. The summed E-state index contributed by atoms with van der Waals surface area (Å²) in [4.78, 5) is 11.6. The average molecular weight is 243 g/mol. The molecule has 0 fully saturated rings. The minimum absolute atomic E-state index is 0. The van der Waals surface area contributed by atoms with Crippen LogP contribution in [0.1, 0.15) is 18.1 Å². The van der Waals surface area contributed by atoms with Crippen LogP contribution in [-0.2, 0) is 11.2 Å². The van der Waals surface area contributed by atoms with Crippen molar-refractivity contribution in [2.24, 2.45) is 5.73 Å². The largest absolute Gasteiger partial charge is 0.352 e. The Hall–Kier alpha value is -1.06. The van der Waals surface area contributed by atoms with Gasteiger partial charge in [-0.2, -0.15) is 0 Å². The monoisotopic (exact) mass is 242 g/mol. The molecule has 1 amide bonds. The van der Waals surface area contributed by atoms with Crippen LogP contribution in [0.3, 0.4) is 0 Å². The summed E-state index contributed by atoms with van der Waals surface area (Å²) in [5, 5.41) is 2.84. The van der Waals surface area contributed by atoms with E-state index in [1.807, 2.05) is 38.1 Å². The van der Waals surface area contributed by atoms with Crippen molar-refractivity contribution in [3.8, 4) is 0 Å². The smallest absolute Gasteiger partial charge is 0.224 e. The molecule has 0 bridgehead atoms. The van der Waals surface area contributed by atoms with Gasteiger partial charge in [0.05, 0.1) is 6.42 Å². The standard InChI is InChI=1S/C12H18N2O.ClH/c1-9-5-3-4-6-11(9)7-12(15)14-10(2)8-13;/h3-6,10H,7-8,13H2,1-2H3,(H,14,15);1H/t10-;/m0./s1. The summed E-state index contributed by atoms with van der Waals surface area (Å²) in [6.45, 7) is 4.38. The third kappa shape index (κ3) is 4.64. The number of halogens is 1. The zero-order valence-electron chi connectivity index (χ0n) is 9.69. The number of carbonyl (C=O) groups excluding carboxylic acids is 1. The number of nitrogens with one attached hydrogen (secondary N) is 1. The van der Waals surface area contributed by atoms with Crippen LogP contribution in [0.4, 0.5) is 0 Å². The van der Waals surface area contributed by atoms with E-state index >= 15 is 0 Å². The Morgan fingerprint density at radius 2 is 2.06 bits per heavy atom. The van der Waals surface area contributed by atoms with E-state index in [2.05, 4.69) is 5.32 Å². The Bertz CT molecular complexity index is 342. The molecule has 1 aromatic carbocycles. The second kappa shape index (κ2) is 7.25. The summed E-state index contributed by atoms with van der Waals surface area (Å²) >= 11 is 0. The van der Waals surface area contributed by atoms with Crippen LogP contribution in [0.5, 0.6) is 0 Å². The molecule has 16 heavy (non-hydrogen) atoms. The fourth-order valence-electron chi connectivity index (χ4n) is 1.37. The molecule has 1 atom stereocenters. The van der Waals surface area contributed by atoms with Crippen molar-refractivity contribution in [3.63, 3.8) is 0 Å². The van der Waals surface area contributed by atoms with Crippen molar-refractivity contribution in [2.75, 3.05) is 6.54 Å². The molecule has 0 radical (unpaired) electrons. The molecule has 0 aliphatic rings. The van der Waals surface area contributed by atoms with E-state index in [0.717, 1.165) is 11.1 Å². The van der Waals surface area contributed by atoms with Crippen molar-refractivity contribution < 1.29 is 4.79 Å². The summed E-state index contributed by atoms with van der Waals surface area (Å²) in [6.07, 6.45) is 0.428. The molecular formula is C12H19ClN2O. The molecule has 0 spiro atoms. The lowest BCUT2D eigenvalue weighted by atomic mass is 10.1. The van der Waals surface area contributed by atoms with Gasteiger partial charge >= 0.3 is 0 Å². The van der Waals surface area contributed by atoms with E-state index in [1.54, 1.807) is 0 Å². The zero-order valence-corrected chi connectivity index (χ0v) is 10.5. The van der Waals surface area contributed by atoms with Crippen LogP contribution < -0.4 is 11.1 Å². The fourth-order valence-corrected chi connectivity index (χ4v) is 1.37. The predicted molar refractivity (Wildman–Crippen MR) is 68.8 cm³/mol. The first-order chi connectivity index (χ1) is 7.13. The number of carbonyl (C=O) groups is 1. The maximum Gasteiger partial charge on any atom is 0.224 e. The maximum atomic E-state index is 11.6. The minimum Gasteiger partial charge on any atom is -0.352 e. The third-order valence-electron chi connectivity index (χ3n) is 2.37. The summed E-state index contributed by atoms with van der Waals surface area (Å²) < 4.78 is 0. The van der Waals surface area contributed by atoms with E-state index in [1.165, 1.54) is 0 Å². The Balaban J connectivity index is 0.00000225. The quantitative estimate of drug-likeness (QED) is 0.839. The molecular weight excluding hydrogens is 224 g/mol. The SMILES string of the molecule is Cc1ccccc1CC(=O)N[C@@H](C)CN.Cl. The minimum atomic E-state index is 0. The van der Waals surface area contributed by atoms with E-state index in [0.29, 0.717) is 13.0 Å². The lowest BCUT2D eigenvalue weighted by Gasteiger charge is -2.11. The van der Waals surface area contributed by atoms with Crippen LogP contribution in [-0.4, -0.2) is 18.5 Å². The summed E-state index contributed by atoms with van der Waals surface area (Å²) in [6, 6.07) is 7.94. The van der Waals surface area contributed by atoms with Gasteiger partial charge < -0.3 is 11.1 Å². The second-order valence-electron chi connectivity index (χ2n) is 3.81. The highest BCUT2D eigenvalue weighted by atomic mass is 35.5. The van der Waals surface area contributed by atoms with Gasteiger partial charge in [-0.3, -0.25) is 4.79 Å². The molecule has 3 N–H and O–H groups in total. The molecule has 0 heterocycles. The van der Waals surface area contributed by atoms with Crippen LogP contribution in [0.25, 0.3) is 0 Å². The van der Waals surface area contributed by atoms with Crippen molar-refractivity contribution >= 4 is 18.3 Å². The van der Waals surface area contributed by atoms with Crippen molar-refractivity contribution in [1.82, 2.24) is 5.32 Å². The Labute approximate surface area is 103 Å². The van der Waals surface area contributed by atoms with Gasteiger partial charge in [-0.15, -0.1) is 12.4 Å². The number of aryl methyl sites for hydroxylation is 1. The molecule has 0 saturated carbocycles. The number of hydrogen-bond acceptors (Lipinski definition) is 2. The Kier molecular flexibility index (Phi) is 6.77. The van der Waals surface area contributed by atoms with Crippen molar-refractivity contribution in [2.45, 2.75) is 26.3 Å². The van der Waals surface area contributed by atoms with Crippen LogP contribution >= 0.6 is 12.4 Å². The summed E-state index contributed by atoms with van der Waals surface area (Å²) in [7, 11) is 0.